The molecule has 0 heterocycles. The Morgan fingerprint density at radius 1 is 1.71 bits per heavy atom. The number of nitrogens with two attached hydrogens (primary N) is 1. The van der Waals surface area contributed by atoms with Crippen molar-refractivity contribution in [3.63, 3.8) is 0 Å². The number of hydrogen-bond acceptors (Lipinski definition) is 4. The predicted octanol–water partition coefficient (Wildman–Crippen LogP) is -0.313. The van der Waals surface area contributed by atoms with Crippen LogP contribution < -0.4 is 5.73 Å². The molecule has 0 radical (unpaired) electrons. The van der Waals surface area contributed by atoms with Crippen LogP contribution in [0.4, 0.5) is 0 Å². The SMILES string of the molecule is C=C1CC(CO)CC1(CN)S(C)(=O)=O. The van der Waals surface area contributed by atoms with E-state index in [1.165, 1.54) is 6.26 Å². The Hall–Kier alpha value is -0.390. The van der Waals surface area contributed by atoms with Crippen molar-refractivity contribution in [1.82, 2.24) is 0 Å². The van der Waals surface area contributed by atoms with Gasteiger partial charge in [0.15, 0.2) is 9.84 Å². The summed E-state index contributed by atoms with van der Waals surface area (Å²) in [5.74, 6) is -0.0132. The summed E-state index contributed by atoms with van der Waals surface area (Å²) in [6.45, 7) is 3.83. The van der Waals surface area contributed by atoms with Crippen molar-refractivity contribution >= 4 is 9.84 Å². The van der Waals surface area contributed by atoms with Gasteiger partial charge in [-0.1, -0.05) is 12.2 Å². The first-order chi connectivity index (χ1) is 6.37. The van der Waals surface area contributed by atoms with E-state index in [2.05, 4.69) is 6.58 Å². The maximum absolute atomic E-state index is 11.6. The Morgan fingerprint density at radius 2 is 2.29 bits per heavy atom. The van der Waals surface area contributed by atoms with Gasteiger partial charge in [0.1, 0.15) is 4.75 Å². The van der Waals surface area contributed by atoms with E-state index in [1.54, 1.807) is 0 Å². The molecule has 0 amide bonds. The van der Waals surface area contributed by atoms with Gasteiger partial charge in [0, 0.05) is 19.4 Å². The normalized spacial score (nSPS) is 33.6. The van der Waals surface area contributed by atoms with Gasteiger partial charge in [-0.05, 0) is 18.8 Å². The van der Waals surface area contributed by atoms with Crippen molar-refractivity contribution in [1.29, 1.82) is 0 Å². The Morgan fingerprint density at radius 3 is 2.50 bits per heavy atom. The molecule has 3 N–H and O–H groups in total. The molecule has 14 heavy (non-hydrogen) atoms. The third-order valence-electron chi connectivity index (χ3n) is 3.10. The molecule has 0 aromatic heterocycles. The number of hydrogen-bond donors (Lipinski definition) is 2. The molecule has 1 saturated carbocycles. The van der Waals surface area contributed by atoms with E-state index in [0.717, 1.165) is 0 Å². The molecule has 0 bridgehead atoms. The van der Waals surface area contributed by atoms with Gasteiger partial charge in [-0.3, -0.25) is 0 Å². The lowest BCUT2D eigenvalue weighted by Gasteiger charge is -2.26. The van der Waals surface area contributed by atoms with Crippen LogP contribution in [-0.2, 0) is 9.84 Å². The highest BCUT2D eigenvalue weighted by Crippen LogP contribution is 2.42. The van der Waals surface area contributed by atoms with E-state index in [9.17, 15) is 8.42 Å². The zero-order valence-electron chi connectivity index (χ0n) is 8.36. The van der Waals surface area contributed by atoms with Crippen molar-refractivity contribution in [2.24, 2.45) is 11.7 Å². The van der Waals surface area contributed by atoms with E-state index in [0.29, 0.717) is 18.4 Å². The van der Waals surface area contributed by atoms with E-state index in [-0.39, 0.29) is 19.1 Å². The van der Waals surface area contributed by atoms with Gasteiger partial charge < -0.3 is 10.8 Å². The summed E-state index contributed by atoms with van der Waals surface area (Å²) in [4.78, 5) is 0. The molecule has 0 spiro atoms. The zero-order chi connectivity index (χ0) is 11.0. The molecule has 5 heteroatoms. The second kappa shape index (κ2) is 3.64. The van der Waals surface area contributed by atoms with E-state index in [1.807, 2.05) is 0 Å². The van der Waals surface area contributed by atoms with Gasteiger partial charge in [-0.25, -0.2) is 8.42 Å². The fraction of sp³-hybridized carbons (Fsp3) is 0.778. The van der Waals surface area contributed by atoms with Crippen LogP contribution in [0.3, 0.4) is 0 Å². The topological polar surface area (TPSA) is 80.4 Å². The molecular formula is C9H17NO3S. The summed E-state index contributed by atoms with van der Waals surface area (Å²) in [5.41, 5.74) is 6.18. The Kier molecular flexibility index (Phi) is 3.04. The fourth-order valence-electron chi connectivity index (χ4n) is 2.14. The minimum atomic E-state index is -3.24. The highest BCUT2D eigenvalue weighted by molar-refractivity contribution is 7.92. The first kappa shape index (κ1) is 11.7. The van der Waals surface area contributed by atoms with Crippen LogP contribution in [0.25, 0.3) is 0 Å². The van der Waals surface area contributed by atoms with Crippen molar-refractivity contribution in [3.05, 3.63) is 12.2 Å². The molecule has 0 aromatic rings. The summed E-state index contributed by atoms with van der Waals surface area (Å²) in [6.07, 6.45) is 2.14. The summed E-state index contributed by atoms with van der Waals surface area (Å²) >= 11 is 0. The van der Waals surface area contributed by atoms with E-state index < -0.39 is 14.6 Å². The monoisotopic (exact) mass is 219 g/mol. The van der Waals surface area contributed by atoms with Gasteiger partial charge in [0.2, 0.25) is 0 Å². The number of aliphatic hydroxyl groups excluding tert-OH is 1. The summed E-state index contributed by atoms with van der Waals surface area (Å²) in [5, 5.41) is 9.00. The molecule has 1 fully saturated rings. The van der Waals surface area contributed by atoms with Crippen LogP contribution in [0.15, 0.2) is 12.2 Å². The summed E-state index contributed by atoms with van der Waals surface area (Å²) in [6, 6.07) is 0. The summed E-state index contributed by atoms with van der Waals surface area (Å²) < 4.78 is 22.3. The van der Waals surface area contributed by atoms with Gasteiger partial charge >= 0.3 is 0 Å². The molecule has 0 saturated heterocycles. The third-order valence-corrected chi connectivity index (χ3v) is 5.14. The average molecular weight is 219 g/mol. The first-order valence-corrected chi connectivity index (χ1v) is 6.45. The predicted molar refractivity (Wildman–Crippen MR) is 55.6 cm³/mol. The number of rotatable bonds is 3. The Balaban J connectivity index is 3.09. The van der Waals surface area contributed by atoms with Crippen LogP contribution in [0.5, 0.6) is 0 Å². The fourth-order valence-corrected chi connectivity index (χ4v) is 3.59. The Bertz CT molecular complexity index is 336. The lowest BCUT2D eigenvalue weighted by Crippen LogP contribution is -2.44. The van der Waals surface area contributed by atoms with Crippen molar-refractivity contribution < 1.29 is 13.5 Å². The first-order valence-electron chi connectivity index (χ1n) is 4.56. The lowest BCUT2D eigenvalue weighted by atomic mass is 10.0. The molecule has 1 aliphatic carbocycles. The van der Waals surface area contributed by atoms with Crippen LogP contribution in [0.1, 0.15) is 12.8 Å². The molecule has 1 aliphatic rings. The van der Waals surface area contributed by atoms with Crippen molar-refractivity contribution in [3.8, 4) is 0 Å². The minimum absolute atomic E-state index is 0.00368. The maximum Gasteiger partial charge on any atom is 0.158 e. The average Bonchev–Trinajstić information content (AvgIpc) is 2.42. The molecule has 0 aliphatic heterocycles. The van der Waals surface area contributed by atoms with Crippen LogP contribution in [0.2, 0.25) is 0 Å². The van der Waals surface area contributed by atoms with E-state index in [4.69, 9.17) is 10.8 Å². The van der Waals surface area contributed by atoms with Gasteiger partial charge in [0.05, 0.1) is 0 Å². The minimum Gasteiger partial charge on any atom is -0.396 e. The highest BCUT2D eigenvalue weighted by Gasteiger charge is 2.48. The van der Waals surface area contributed by atoms with Crippen molar-refractivity contribution in [2.75, 3.05) is 19.4 Å². The second-order valence-corrected chi connectivity index (χ2v) is 6.36. The molecular weight excluding hydrogens is 202 g/mol. The highest BCUT2D eigenvalue weighted by atomic mass is 32.2. The van der Waals surface area contributed by atoms with Crippen LogP contribution in [0, 0.1) is 5.92 Å². The number of sulfone groups is 1. The lowest BCUT2D eigenvalue weighted by molar-refractivity contribution is 0.228. The zero-order valence-corrected chi connectivity index (χ0v) is 9.18. The quantitative estimate of drug-likeness (QED) is 0.638. The molecule has 1 rings (SSSR count). The van der Waals surface area contributed by atoms with Gasteiger partial charge in [0.25, 0.3) is 0 Å². The van der Waals surface area contributed by atoms with Crippen LogP contribution in [-0.4, -0.2) is 37.7 Å². The van der Waals surface area contributed by atoms with Crippen molar-refractivity contribution in [2.45, 2.75) is 17.6 Å². The maximum atomic E-state index is 11.6. The standard InChI is InChI=1S/C9H17NO3S/c1-7-3-8(5-11)4-9(7,6-10)14(2,12)13/h8,11H,1,3-6,10H2,2H3. The third kappa shape index (κ3) is 1.60. The molecule has 4 nitrogen and oxygen atoms in total. The van der Waals surface area contributed by atoms with Gasteiger partial charge in [-0.15, -0.1) is 0 Å². The van der Waals surface area contributed by atoms with Gasteiger partial charge in [-0.2, -0.15) is 0 Å². The molecule has 2 unspecified atom stereocenters. The summed E-state index contributed by atoms with van der Waals surface area (Å²) in [7, 11) is -3.24. The largest absolute Gasteiger partial charge is 0.396 e. The Labute approximate surface area is 84.7 Å². The molecule has 2 atom stereocenters. The molecule has 82 valence electrons. The second-order valence-electron chi connectivity index (χ2n) is 4.03. The smallest absolute Gasteiger partial charge is 0.158 e. The number of aliphatic hydroxyl groups is 1. The molecule has 0 aromatic carbocycles. The van der Waals surface area contributed by atoms with E-state index >= 15 is 0 Å². The van der Waals surface area contributed by atoms with Crippen LogP contribution >= 0.6 is 0 Å².